The molecular weight excluding hydrogens is 132 g/mol. The van der Waals surface area contributed by atoms with Crippen LogP contribution in [0.4, 0.5) is 5.95 Å². The molecule has 0 amide bonds. The van der Waals surface area contributed by atoms with E-state index in [4.69, 9.17) is 11.5 Å². The van der Waals surface area contributed by atoms with E-state index in [0.717, 1.165) is 6.42 Å². The van der Waals surface area contributed by atoms with Crippen LogP contribution in [0.3, 0.4) is 0 Å². The summed E-state index contributed by atoms with van der Waals surface area (Å²) in [5.41, 5.74) is 10.6. The molecule has 1 aromatic heterocycles. The topological polar surface area (TPSA) is 95.6 Å². The molecule has 0 aliphatic carbocycles. The van der Waals surface area contributed by atoms with Gasteiger partial charge in [0.05, 0.1) is 0 Å². The Balaban J connectivity index is 2.49. The molecule has 0 radical (unpaired) electrons. The van der Waals surface area contributed by atoms with Crippen LogP contribution in [-0.4, -0.2) is 26.8 Å². The van der Waals surface area contributed by atoms with Gasteiger partial charge in [0.1, 0.15) is 0 Å². The first kappa shape index (κ1) is 6.94. The third kappa shape index (κ3) is 1.41. The molecule has 0 aliphatic heterocycles. The lowest BCUT2D eigenvalue weighted by Crippen LogP contribution is -2.09. The average Bonchev–Trinajstić information content (AvgIpc) is 2.31. The summed E-state index contributed by atoms with van der Waals surface area (Å²) >= 11 is 0. The van der Waals surface area contributed by atoms with Crippen LogP contribution >= 0.6 is 0 Å². The third-order valence-corrected chi connectivity index (χ3v) is 1.13. The van der Waals surface area contributed by atoms with Crippen molar-refractivity contribution in [3.8, 4) is 0 Å². The molecule has 1 heterocycles. The van der Waals surface area contributed by atoms with Gasteiger partial charge >= 0.3 is 0 Å². The lowest BCUT2D eigenvalue weighted by atomic mass is 10.4. The molecule has 56 valence electrons. The maximum Gasteiger partial charge on any atom is 0.240 e. The van der Waals surface area contributed by atoms with Crippen LogP contribution in [0.25, 0.3) is 0 Å². The summed E-state index contributed by atoms with van der Waals surface area (Å²) in [5.74, 6) is 0.341. The van der Waals surface area contributed by atoms with Gasteiger partial charge in [0, 0.05) is 6.54 Å². The molecule has 6 nitrogen and oxygen atoms in total. The molecule has 0 saturated heterocycles. The van der Waals surface area contributed by atoms with E-state index in [2.05, 4.69) is 15.5 Å². The van der Waals surface area contributed by atoms with Gasteiger partial charge in [-0.15, -0.1) is 0 Å². The van der Waals surface area contributed by atoms with E-state index in [9.17, 15) is 0 Å². The van der Waals surface area contributed by atoms with Gasteiger partial charge in [0.15, 0.2) is 0 Å². The first-order valence-corrected chi connectivity index (χ1v) is 3.06. The van der Waals surface area contributed by atoms with Crippen LogP contribution < -0.4 is 11.5 Å². The molecule has 0 fully saturated rings. The van der Waals surface area contributed by atoms with Gasteiger partial charge in [-0.05, 0) is 23.4 Å². The van der Waals surface area contributed by atoms with E-state index in [-0.39, 0.29) is 0 Å². The Labute approximate surface area is 58.2 Å². The van der Waals surface area contributed by atoms with Crippen LogP contribution in [0.2, 0.25) is 0 Å². The zero-order chi connectivity index (χ0) is 7.40. The van der Waals surface area contributed by atoms with Crippen LogP contribution in [0.15, 0.2) is 0 Å². The molecular formula is C4H10N6. The predicted octanol–water partition coefficient (Wildman–Crippen LogP) is -1.40. The van der Waals surface area contributed by atoms with E-state index in [1.807, 2.05) is 0 Å². The minimum absolute atomic E-state index is 0.341. The molecule has 0 saturated carbocycles. The first-order chi connectivity index (χ1) is 4.84. The highest BCUT2D eigenvalue weighted by molar-refractivity contribution is 5.09. The molecule has 1 aromatic rings. The molecule has 0 atom stereocenters. The first-order valence-electron chi connectivity index (χ1n) is 3.06. The highest BCUT2D eigenvalue weighted by Crippen LogP contribution is 1.92. The molecule has 6 heteroatoms. The fraction of sp³-hybridized carbons (Fsp3) is 0.750. The van der Waals surface area contributed by atoms with E-state index >= 15 is 0 Å². The number of aryl methyl sites for hydroxylation is 1. The SMILES string of the molecule is NCCCn1nnnc1N. The van der Waals surface area contributed by atoms with Crippen molar-refractivity contribution < 1.29 is 0 Å². The van der Waals surface area contributed by atoms with Crippen LogP contribution in [-0.2, 0) is 6.54 Å². The van der Waals surface area contributed by atoms with Crippen LogP contribution in [0, 0.1) is 0 Å². The van der Waals surface area contributed by atoms with Crippen LogP contribution in [0.5, 0.6) is 0 Å². The summed E-state index contributed by atoms with van der Waals surface area (Å²) in [7, 11) is 0. The normalized spacial score (nSPS) is 10.1. The van der Waals surface area contributed by atoms with E-state index in [1.54, 1.807) is 0 Å². The zero-order valence-corrected chi connectivity index (χ0v) is 5.56. The Hall–Kier alpha value is -1.17. The Kier molecular flexibility index (Phi) is 2.16. The summed E-state index contributed by atoms with van der Waals surface area (Å²) in [6.45, 7) is 1.31. The number of anilines is 1. The quantitative estimate of drug-likeness (QED) is 0.541. The number of hydrogen-bond donors (Lipinski definition) is 2. The van der Waals surface area contributed by atoms with Crippen molar-refractivity contribution in [3.05, 3.63) is 0 Å². The van der Waals surface area contributed by atoms with Gasteiger partial charge in [-0.1, -0.05) is 5.10 Å². The van der Waals surface area contributed by atoms with Crippen molar-refractivity contribution in [2.24, 2.45) is 5.73 Å². The summed E-state index contributed by atoms with van der Waals surface area (Å²) < 4.78 is 1.52. The summed E-state index contributed by atoms with van der Waals surface area (Å²) in [5, 5.41) is 10.5. The Morgan fingerprint density at radius 1 is 1.50 bits per heavy atom. The minimum atomic E-state index is 0.341. The molecule has 0 spiro atoms. The van der Waals surface area contributed by atoms with E-state index in [0.29, 0.717) is 19.0 Å². The van der Waals surface area contributed by atoms with Gasteiger partial charge in [0.2, 0.25) is 5.95 Å². The number of nitrogen functional groups attached to an aromatic ring is 1. The van der Waals surface area contributed by atoms with Gasteiger partial charge in [-0.2, -0.15) is 0 Å². The largest absolute Gasteiger partial charge is 0.367 e. The second-order valence-corrected chi connectivity index (χ2v) is 1.90. The third-order valence-electron chi connectivity index (χ3n) is 1.13. The fourth-order valence-electron chi connectivity index (χ4n) is 0.612. The summed E-state index contributed by atoms with van der Waals surface area (Å²) in [6, 6.07) is 0. The van der Waals surface area contributed by atoms with Crippen molar-refractivity contribution in [2.45, 2.75) is 13.0 Å². The molecule has 0 aromatic carbocycles. The average molecular weight is 142 g/mol. The fourth-order valence-corrected chi connectivity index (χ4v) is 0.612. The standard InChI is InChI=1S/C4H10N6/c5-2-1-3-10-4(6)7-8-9-10/h1-3,5H2,(H2,6,7,9). The van der Waals surface area contributed by atoms with Gasteiger partial charge < -0.3 is 11.5 Å². The van der Waals surface area contributed by atoms with Crippen molar-refractivity contribution in [1.82, 2.24) is 20.2 Å². The number of nitrogens with two attached hydrogens (primary N) is 2. The molecule has 10 heavy (non-hydrogen) atoms. The maximum atomic E-state index is 5.37. The number of hydrogen-bond acceptors (Lipinski definition) is 5. The number of nitrogens with zero attached hydrogens (tertiary/aromatic N) is 4. The molecule has 0 bridgehead atoms. The molecule has 0 unspecified atom stereocenters. The lowest BCUT2D eigenvalue weighted by Gasteiger charge is -1.96. The molecule has 0 aliphatic rings. The monoisotopic (exact) mass is 142 g/mol. The number of aromatic nitrogens is 4. The van der Waals surface area contributed by atoms with Crippen molar-refractivity contribution >= 4 is 5.95 Å². The highest BCUT2D eigenvalue weighted by Gasteiger charge is 1.97. The summed E-state index contributed by atoms with van der Waals surface area (Å²) in [6.07, 6.45) is 0.842. The number of tetrazole rings is 1. The van der Waals surface area contributed by atoms with Gasteiger partial charge in [-0.25, -0.2) is 4.68 Å². The Morgan fingerprint density at radius 3 is 2.80 bits per heavy atom. The molecule has 4 N–H and O–H groups in total. The van der Waals surface area contributed by atoms with Gasteiger partial charge in [-0.3, -0.25) is 0 Å². The minimum Gasteiger partial charge on any atom is -0.367 e. The Bertz CT molecular complexity index is 193. The van der Waals surface area contributed by atoms with Gasteiger partial charge in [0.25, 0.3) is 0 Å². The second kappa shape index (κ2) is 3.11. The predicted molar refractivity (Wildman–Crippen MR) is 35.9 cm³/mol. The van der Waals surface area contributed by atoms with Crippen molar-refractivity contribution in [2.75, 3.05) is 12.3 Å². The van der Waals surface area contributed by atoms with Crippen molar-refractivity contribution in [3.63, 3.8) is 0 Å². The van der Waals surface area contributed by atoms with E-state index < -0.39 is 0 Å². The molecule has 1 rings (SSSR count). The van der Waals surface area contributed by atoms with E-state index in [1.165, 1.54) is 4.68 Å². The number of rotatable bonds is 3. The highest BCUT2D eigenvalue weighted by atomic mass is 15.6. The summed E-state index contributed by atoms with van der Waals surface area (Å²) in [4.78, 5) is 0. The Morgan fingerprint density at radius 2 is 2.30 bits per heavy atom. The lowest BCUT2D eigenvalue weighted by molar-refractivity contribution is 0.570. The smallest absolute Gasteiger partial charge is 0.240 e. The second-order valence-electron chi connectivity index (χ2n) is 1.90. The van der Waals surface area contributed by atoms with Crippen molar-refractivity contribution in [1.29, 1.82) is 0 Å². The zero-order valence-electron chi connectivity index (χ0n) is 5.56. The maximum absolute atomic E-state index is 5.37. The van der Waals surface area contributed by atoms with Crippen LogP contribution in [0.1, 0.15) is 6.42 Å².